The lowest BCUT2D eigenvalue weighted by molar-refractivity contribution is -0.116. The first kappa shape index (κ1) is 19.2. The Morgan fingerprint density at radius 1 is 1.04 bits per heavy atom. The fourth-order valence-electron chi connectivity index (χ4n) is 2.42. The molecule has 0 saturated heterocycles. The molecule has 0 atom stereocenters. The van der Waals surface area contributed by atoms with Crippen LogP contribution < -0.4 is 19.5 Å². The predicted molar refractivity (Wildman–Crippen MR) is 100.0 cm³/mol. The van der Waals surface area contributed by atoms with Gasteiger partial charge in [0.05, 0.1) is 21.3 Å². The van der Waals surface area contributed by atoms with Crippen molar-refractivity contribution in [3.63, 3.8) is 0 Å². The number of aromatic hydroxyl groups is 1. The fraction of sp³-hybridized carbons (Fsp3) is 0.250. The van der Waals surface area contributed by atoms with E-state index in [1.54, 1.807) is 44.6 Å². The van der Waals surface area contributed by atoms with E-state index in [2.05, 4.69) is 5.32 Å². The lowest BCUT2D eigenvalue weighted by Gasteiger charge is -2.12. The van der Waals surface area contributed by atoms with Crippen LogP contribution in [0.5, 0.6) is 23.0 Å². The van der Waals surface area contributed by atoms with Crippen LogP contribution in [0.2, 0.25) is 0 Å². The summed E-state index contributed by atoms with van der Waals surface area (Å²) in [5.41, 5.74) is 1.80. The third-order valence-corrected chi connectivity index (χ3v) is 3.76. The second kappa shape index (κ2) is 9.36. The molecule has 0 radical (unpaired) electrons. The predicted octanol–water partition coefficient (Wildman–Crippen LogP) is 2.79. The van der Waals surface area contributed by atoms with E-state index in [1.165, 1.54) is 13.2 Å². The van der Waals surface area contributed by atoms with Crippen LogP contribution in [0, 0.1) is 0 Å². The van der Waals surface area contributed by atoms with Gasteiger partial charge in [0.1, 0.15) is 5.75 Å². The third-order valence-electron chi connectivity index (χ3n) is 3.76. The number of methoxy groups -OCH3 is 3. The van der Waals surface area contributed by atoms with Gasteiger partial charge in [0.2, 0.25) is 11.7 Å². The standard InChI is InChI=1S/C20H23NO5/c1-24-17-12-15(13-18(25-2)20(17)26-3)6-9-19(23)21-11-10-14-4-7-16(22)8-5-14/h4-9,12-13,22H,10-11H2,1-3H3,(H,21,23)/b9-6+. The van der Waals surface area contributed by atoms with Crippen molar-refractivity contribution in [1.29, 1.82) is 0 Å². The van der Waals surface area contributed by atoms with Gasteiger partial charge in [0, 0.05) is 12.6 Å². The smallest absolute Gasteiger partial charge is 0.244 e. The average molecular weight is 357 g/mol. The van der Waals surface area contributed by atoms with Crippen LogP contribution in [0.25, 0.3) is 6.08 Å². The van der Waals surface area contributed by atoms with Gasteiger partial charge < -0.3 is 24.6 Å². The van der Waals surface area contributed by atoms with Gasteiger partial charge in [-0.2, -0.15) is 0 Å². The molecule has 0 unspecified atom stereocenters. The molecule has 0 aliphatic rings. The lowest BCUT2D eigenvalue weighted by Crippen LogP contribution is -2.23. The second-order valence-corrected chi connectivity index (χ2v) is 5.50. The zero-order valence-electron chi connectivity index (χ0n) is 15.1. The van der Waals surface area contributed by atoms with Crippen LogP contribution in [0.1, 0.15) is 11.1 Å². The molecule has 0 spiro atoms. The monoisotopic (exact) mass is 357 g/mol. The highest BCUT2D eigenvalue weighted by atomic mass is 16.5. The Balaban J connectivity index is 1.95. The molecule has 138 valence electrons. The minimum Gasteiger partial charge on any atom is -0.508 e. The highest BCUT2D eigenvalue weighted by Crippen LogP contribution is 2.38. The number of amides is 1. The molecule has 0 aliphatic carbocycles. The number of benzene rings is 2. The summed E-state index contributed by atoms with van der Waals surface area (Å²) >= 11 is 0. The minimum atomic E-state index is -0.197. The molecule has 26 heavy (non-hydrogen) atoms. The number of hydrogen-bond donors (Lipinski definition) is 2. The van der Waals surface area contributed by atoms with Crippen molar-refractivity contribution in [2.45, 2.75) is 6.42 Å². The summed E-state index contributed by atoms with van der Waals surface area (Å²) < 4.78 is 15.9. The minimum absolute atomic E-state index is 0.197. The van der Waals surface area contributed by atoms with Crippen molar-refractivity contribution in [3.8, 4) is 23.0 Å². The van der Waals surface area contributed by atoms with Gasteiger partial charge >= 0.3 is 0 Å². The van der Waals surface area contributed by atoms with Crippen LogP contribution in [-0.2, 0) is 11.2 Å². The normalized spacial score (nSPS) is 10.6. The maximum Gasteiger partial charge on any atom is 0.244 e. The largest absolute Gasteiger partial charge is 0.508 e. The molecule has 2 aromatic rings. The molecule has 0 fully saturated rings. The summed E-state index contributed by atoms with van der Waals surface area (Å²) in [6, 6.07) is 10.4. The van der Waals surface area contributed by atoms with Crippen LogP contribution >= 0.6 is 0 Å². The third kappa shape index (κ3) is 5.17. The topological polar surface area (TPSA) is 77.0 Å². The van der Waals surface area contributed by atoms with Crippen molar-refractivity contribution in [2.75, 3.05) is 27.9 Å². The Morgan fingerprint density at radius 3 is 2.19 bits per heavy atom. The number of phenols is 1. The Hall–Kier alpha value is -3.15. The first-order valence-electron chi connectivity index (χ1n) is 8.11. The highest BCUT2D eigenvalue weighted by Gasteiger charge is 2.12. The number of carbonyl (C=O) groups is 1. The van der Waals surface area contributed by atoms with Gasteiger partial charge in [-0.1, -0.05) is 12.1 Å². The van der Waals surface area contributed by atoms with Gasteiger partial charge in [-0.3, -0.25) is 4.79 Å². The van der Waals surface area contributed by atoms with E-state index in [1.807, 2.05) is 12.1 Å². The maximum absolute atomic E-state index is 12.0. The Labute approximate surface area is 153 Å². The van der Waals surface area contributed by atoms with E-state index in [4.69, 9.17) is 14.2 Å². The Kier molecular flexibility index (Phi) is 6.91. The van der Waals surface area contributed by atoms with Crippen molar-refractivity contribution in [3.05, 3.63) is 53.6 Å². The molecule has 0 bridgehead atoms. The van der Waals surface area contributed by atoms with Gasteiger partial charge in [0.25, 0.3) is 0 Å². The van der Waals surface area contributed by atoms with Crippen LogP contribution in [0.3, 0.4) is 0 Å². The van der Waals surface area contributed by atoms with E-state index >= 15 is 0 Å². The van der Waals surface area contributed by atoms with Crippen LogP contribution in [0.15, 0.2) is 42.5 Å². The Morgan fingerprint density at radius 2 is 1.65 bits per heavy atom. The molecule has 0 heterocycles. The van der Waals surface area contributed by atoms with Crippen molar-refractivity contribution in [2.24, 2.45) is 0 Å². The first-order valence-corrected chi connectivity index (χ1v) is 8.11. The molecule has 2 aromatic carbocycles. The molecule has 1 amide bonds. The van der Waals surface area contributed by atoms with E-state index in [0.29, 0.717) is 30.2 Å². The van der Waals surface area contributed by atoms with Crippen molar-refractivity contribution < 1.29 is 24.1 Å². The average Bonchev–Trinajstić information content (AvgIpc) is 2.66. The van der Waals surface area contributed by atoms with Gasteiger partial charge in [-0.25, -0.2) is 0 Å². The summed E-state index contributed by atoms with van der Waals surface area (Å²) in [4.78, 5) is 12.0. The quantitative estimate of drug-likeness (QED) is 0.711. The Bertz CT molecular complexity index is 743. The number of carbonyl (C=O) groups excluding carboxylic acids is 1. The highest BCUT2D eigenvalue weighted by molar-refractivity contribution is 5.91. The zero-order valence-corrected chi connectivity index (χ0v) is 15.1. The summed E-state index contributed by atoms with van der Waals surface area (Å²) in [5.74, 6) is 1.59. The fourth-order valence-corrected chi connectivity index (χ4v) is 2.42. The summed E-state index contributed by atoms with van der Waals surface area (Å²) in [6.07, 6.45) is 3.82. The van der Waals surface area contributed by atoms with E-state index in [0.717, 1.165) is 11.1 Å². The van der Waals surface area contributed by atoms with E-state index < -0.39 is 0 Å². The first-order chi connectivity index (χ1) is 12.6. The maximum atomic E-state index is 12.0. The number of nitrogens with one attached hydrogen (secondary N) is 1. The van der Waals surface area contributed by atoms with Gasteiger partial charge in [-0.05, 0) is 47.9 Å². The summed E-state index contributed by atoms with van der Waals surface area (Å²) in [5, 5.41) is 12.1. The number of phenolic OH excluding ortho intramolecular Hbond substituents is 1. The van der Waals surface area contributed by atoms with Crippen molar-refractivity contribution in [1.82, 2.24) is 5.32 Å². The molecule has 0 aromatic heterocycles. The SMILES string of the molecule is COc1cc(/C=C/C(=O)NCCc2ccc(O)cc2)cc(OC)c1OC. The number of rotatable bonds is 8. The number of hydrogen-bond acceptors (Lipinski definition) is 5. The molecular weight excluding hydrogens is 334 g/mol. The molecule has 6 nitrogen and oxygen atoms in total. The molecule has 0 saturated carbocycles. The van der Waals surface area contributed by atoms with Gasteiger partial charge in [0.15, 0.2) is 11.5 Å². The van der Waals surface area contributed by atoms with E-state index in [-0.39, 0.29) is 11.7 Å². The van der Waals surface area contributed by atoms with E-state index in [9.17, 15) is 9.90 Å². The number of ether oxygens (including phenoxy) is 3. The van der Waals surface area contributed by atoms with Crippen LogP contribution in [0.4, 0.5) is 0 Å². The molecule has 2 rings (SSSR count). The lowest BCUT2D eigenvalue weighted by atomic mass is 10.1. The van der Waals surface area contributed by atoms with Crippen molar-refractivity contribution >= 4 is 12.0 Å². The molecule has 2 N–H and O–H groups in total. The molecular formula is C20H23NO5. The van der Waals surface area contributed by atoms with Crippen LogP contribution in [-0.4, -0.2) is 38.9 Å². The molecule has 6 heteroatoms. The second-order valence-electron chi connectivity index (χ2n) is 5.50. The zero-order chi connectivity index (χ0) is 18.9. The van der Waals surface area contributed by atoms with Gasteiger partial charge in [-0.15, -0.1) is 0 Å². The summed E-state index contributed by atoms with van der Waals surface area (Å²) in [7, 11) is 4.62. The summed E-state index contributed by atoms with van der Waals surface area (Å²) in [6.45, 7) is 0.503. The molecule has 0 aliphatic heterocycles.